The molecule has 0 aliphatic carbocycles. The number of primary amides is 1. The summed E-state index contributed by atoms with van der Waals surface area (Å²) in [6, 6.07) is -0.702. The fraction of sp³-hybridized carbons (Fsp3) is 0.867. The number of hydrogen-bond acceptors (Lipinski definition) is 5. The van der Waals surface area contributed by atoms with Crippen LogP contribution >= 0.6 is 7.92 Å². The summed E-state index contributed by atoms with van der Waals surface area (Å²) in [7, 11) is 0.137. The van der Waals surface area contributed by atoms with Crippen LogP contribution in [0, 0.1) is 0 Å². The van der Waals surface area contributed by atoms with Crippen molar-refractivity contribution in [2.75, 3.05) is 44.0 Å². The number of carbonyl (C=O) groups excluding carboxylic acids is 2. The molecule has 0 rings (SSSR count). The van der Waals surface area contributed by atoms with Crippen LogP contribution in [-0.4, -0.2) is 61.9 Å². The van der Waals surface area contributed by atoms with Gasteiger partial charge in [0.1, 0.15) is 0 Å². The van der Waals surface area contributed by atoms with Crippen molar-refractivity contribution >= 4 is 32.4 Å². The van der Waals surface area contributed by atoms with Crippen molar-refractivity contribution in [2.45, 2.75) is 39.7 Å². The summed E-state index contributed by atoms with van der Waals surface area (Å²) in [4.78, 5) is 21.8. The van der Waals surface area contributed by atoms with E-state index in [4.69, 9.17) is 16.2 Å². The van der Waals surface area contributed by atoms with Crippen molar-refractivity contribution in [3.63, 3.8) is 0 Å². The number of nitrogens with one attached hydrogen (secondary N) is 1. The van der Waals surface area contributed by atoms with E-state index in [1.54, 1.807) is 0 Å². The Hall–Kier alpha value is 0.380. The van der Waals surface area contributed by atoms with E-state index in [1.807, 2.05) is 0 Å². The molecule has 1 unspecified atom stereocenters. The maximum Gasteiger partial charge on any atom is 1.00 e. The Balaban J connectivity index is -0.000000468. The smallest absolute Gasteiger partial charge is 0.790 e. The Kier molecular flexibility index (Phi) is 26.0. The number of hydrogen-bond donors (Lipinski definition) is 3. The van der Waals surface area contributed by atoms with E-state index in [0.29, 0.717) is 25.5 Å². The Morgan fingerprint density at radius 3 is 2.08 bits per heavy atom. The predicted octanol–water partition coefficient (Wildman–Crippen LogP) is 0.517. The van der Waals surface area contributed by atoms with Gasteiger partial charge in [0.25, 0.3) is 0 Å². The molecule has 6 nitrogen and oxygen atoms in total. The minimum atomic E-state index is -0.702. The summed E-state index contributed by atoms with van der Waals surface area (Å²) in [5, 5.41) is 2.59. The molecule has 0 aromatic heterocycles. The van der Waals surface area contributed by atoms with Crippen LogP contribution in [0.15, 0.2) is 0 Å². The monoisotopic (exact) mass is 564 g/mol. The third-order valence-corrected chi connectivity index (χ3v) is 6.48. The number of ether oxygens (including phenoxy) is 1. The summed E-state index contributed by atoms with van der Waals surface area (Å²) in [6.45, 7) is 8.21. The van der Waals surface area contributed by atoms with Crippen molar-refractivity contribution in [1.29, 1.82) is 0 Å². The van der Waals surface area contributed by atoms with Crippen LogP contribution in [0.5, 0.6) is 0 Å². The van der Waals surface area contributed by atoms with Gasteiger partial charge >= 0.3 is 22.4 Å². The molecule has 0 bridgehead atoms. The van der Waals surface area contributed by atoms with Crippen molar-refractivity contribution in [3.8, 4) is 0 Å². The Morgan fingerprint density at radius 2 is 1.71 bits per heavy atom. The van der Waals surface area contributed by atoms with Gasteiger partial charge in [0.05, 0.1) is 31.1 Å². The second-order valence-electron chi connectivity index (χ2n) is 5.03. The quantitative estimate of drug-likeness (QED) is 0.139. The van der Waals surface area contributed by atoms with Gasteiger partial charge in [-0.1, -0.05) is 0 Å². The molecule has 9 heteroatoms. The van der Waals surface area contributed by atoms with E-state index < -0.39 is 11.9 Å². The molecule has 0 saturated heterocycles. The number of nitrogens with two attached hydrogens (primary N) is 2. The molecule has 0 saturated carbocycles. The summed E-state index contributed by atoms with van der Waals surface area (Å²) in [5.74, 6) is -0.230. The normalized spacial score (nSPS) is 11.1. The van der Waals surface area contributed by atoms with Crippen LogP contribution in [-0.2, 0) is 49.3 Å². The minimum absolute atomic E-state index is 0. The van der Waals surface area contributed by atoms with Crippen molar-refractivity contribution in [1.82, 2.24) is 5.32 Å². The van der Waals surface area contributed by atoms with Gasteiger partial charge in [0, 0.05) is 19.6 Å². The molecule has 0 aromatic carbocycles. The standard InChI is InChI=1S/C9H19N3O3S.C6H15P.Au/c10-7(1-2-8(11)13)9(14)12-3-4-15-5-6-16;1-4-7(5-2)6-3;/h7,16H,1-6,10H2,(H2,11,13)(H,12,14);4-6H2,1-3H3;/q;;+1. The molecule has 0 aromatic rings. The Morgan fingerprint density at radius 1 is 1.17 bits per heavy atom. The van der Waals surface area contributed by atoms with E-state index in [1.165, 1.54) is 18.5 Å². The minimum Gasteiger partial charge on any atom is -0.790 e. The maximum absolute atomic E-state index is 11.3. The van der Waals surface area contributed by atoms with Gasteiger partial charge in [-0.15, -0.1) is 0 Å². The fourth-order valence-corrected chi connectivity index (χ4v) is 3.34. The van der Waals surface area contributed by atoms with Gasteiger partial charge in [-0.2, -0.15) is 5.75 Å². The first-order valence-corrected chi connectivity index (χ1v) is 10.9. The Labute approximate surface area is 169 Å². The Bertz CT molecular complexity index is 306. The maximum atomic E-state index is 11.3. The zero-order valence-corrected chi connectivity index (χ0v) is 19.0. The van der Waals surface area contributed by atoms with Gasteiger partial charge in [0.2, 0.25) is 11.8 Å². The molecule has 148 valence electrons. The molecule has 0 aliphatic rings. The second-order valence-corrected chi connectivity index (χ2v) is 9.06. The fourth-order valence-electron chi connectivity index (χ4n) is 1.72. The van der Waals surface area contributed by atoms with Gasteiger partial charge in [-0.05, 0) is 35.1 Å². The number of rotatable bonds is 12. The van der Waals surface area contributed by atoms with Gasteiger partial charge in [-0.3, -0.25) is 9.59 Å². The van der Waals surface area contributed by atoms with Gasteiger partial charge in [-0.25, -0.2) is 0 Å². The largest absolute Gasteiger partial charge is 1.00 e. The van der Waals surface area contributed by atoms with Gasteiger partial charge < -0.3 is 34.1 Å². The number of amides is 2. The van der Waals surface area contributed by atoms with E-state index in [9.17, 15) is 9.59 Å². The van der Waals surface area contributed by atoms with E-state index in [2.05, 4.69) is 38.7 Å². The van der Waals surface area contributed by atoms with Crippen LogP contribution in [0.1, 0.15) is 33.6 Å². The summed E-state index contributed by atoms with van der Waals surface area (Å²) in [5.41, 5.74) is 10.5. The van der Waals surface area contributed by atoms with Crippen molar-refractivity contribution < 1.29 is 36.7 Å². The average Bonchev–Trinajstić information content (AvgIpc) is 2.54. The summed E-state index contributed by atoms with van der Waals surface area (Å²) >= 11 is 4.68. The van der Waals surface area contributed by atoms with E-state index in [0.717, 1.165) is 0 Å². The molecule has 0 spiro atoms. The zero-order chi connectivity index (χ0) is 18.1. The van der Waals surface area contributed by atoms with Crippen LogP contribution in [0.4, 0.5) is 0 Å². The SMILES string of the molecule is CC[PH+](CC)CC.NC(=O)CCC(N)C(=O)NCCOCC[S-].[Au+]. The van der Waals surface area contributed by atoms with Crippen LogP contribution in [0.3, 0.4) is 0 Å². The molecular weight excluding hydrogens is 530 g/mol. The van der Waals surface area contributed by atoms with Crippen LogP contribution in [0.2, 0.25) is 0 Å². The topological polar surface area (TPSA) is 107 Å². The molecule has 0 radical (unpaired) electrons. The molecular formula is C15H34AuN3O3PS+. The molecule has 24 heavy (non-hydrogen) atoms. The summed E-state index contributed by atoms with van der Waals surface area (Å²) < 4.78 is 5.08. The molecule has 5 N–H and O–H groups in total. The molecule has 2 amide bonds. The first-order valence-electron chi connectivity index (χ1n) is 8.23. The van der Waals surface area contributed by atoms with Crippen LogP contribution in [0.25, 0.3) is 0 Å². The molecule has 0 aliphatic heterocycles. The molecule has 0 heterocycles. The molecule has 0 fully saturated rings. The summed E-state index contributed by atoms with van der Waals surface area (Å²) in [6.07, 6.45) is 4.74. The van der Waals surface area contributed by atoms with E-state index >= 15 is 0 Å². The number of carbonyl (C=O) groups is 2. The van der Waals surface area contributed by atoms with Crippen molar-refractivity contribution in [3.05, 3.63) is 0 Å². The van der Waals surface area contributed by atoms with Gasteiger partial charge in [0.15, 0.2) is 0 Å². The average molecular weight is 564 g/mol. The zero-order valence-electron chi connectivity index (χ0n) is 15.0. The predicted molar refractivity (Wildman–Crippen MR) is 102 cm³/mol. The molecule has 1 atom stereocenters. The van der Waals surface area contributed by atoms with E-state index in [-0.39, 0.29) is 49.1 Å². The van der Waals surface area contributed by atoms with Crippen LogP contribution < -0.4 is 16.8 Å². The first-order chi connectivity index (χ1) is 10.9. The third kappa shape index (κ3) is 20.4. The first kappa shape index (κ1) is 29.2. The second kappa shape index (κ2) is 21.4. The third-order valence-electron chi connectivity index (χ3n) is 3.31. The van der Waals surface area contributed by atoms with Crippen molar-refractivity contribution in [2.24, 2.45) is 11.5 Å².